The van der Waals surface area contributed by atoms with E-state index in [0.717, 1.165) is 11.3 Å². The number of anilines is 1. The lowest BCUT2D eigenvalue weighted by molar-refractivity contribution is -0.141. The summed E-state index contributed by atoms with van der Waals surface area (Å²) in [6.45, 7) is 0.662. The standard InChI is InChI=1S/C20H21FN2O3/c1-22(16-5-3-2-4-6-16)13-19(24)23-11-17(18(12-23)20(25)26)14-7-9-15(21)10-8-14/h2-10,17-18H,11-13H2,1H3,(H,25,26)/t17-,18+/m0/s1. The molecule has 6 heteroatoms. The molecule has 26 heavy (non-hydrogen) atoms. The number of amides is 1. The van der Waals surface area contributed by atoms with Crippen LogP contribution in [0.4, 0.5) is 10.1 Å². The van der Waals surface area contributed by atoms with Gasteiger partial charge in [-0.05, 0) is 29.8 Å². The molecule has 2 aromatic carbocycles. The van der Waals surface area contributed by atoms with Crippen LogP contribution in [0.2, 0.25) is 0 Å². The highest BCUT2D eigenvalue weighted by molar-refractivity contribution is 5.83. The van der Waals surface area contributed by atoms with Crippen molar-refractivity contribution < 1.29 is 19.1 Å². The van der Waals surface area contributed by atoms with E-state index in [1.165, 1.54) is 12.1 Å². The third kappa shape index (κ3) is 3.85. The van der Waals surface area contributed by atoms with Crippen LogP contribution in [-0.4, -0.2) is 48.6 Å². The quantitative estimate of drug-likeness (QED) is 0.895. The third-order valence-electron chi connectivity index (χ3n) is 4.86. The molecule has 1 saturated heterocycles. The summed E-state index contributed by atoms with van der Waals surface area (Å²) in [4.78, 5) is 27.7. The molecule has 1 amide bonds. The van der Waals surface area contributed by atoms with E-state index in [9.17, 15) is 19.1 Å². The number of carboxylic acids is 1. The number of nitrogens with zero attached hydrogens (tertiary/aromatic N) is 2. The van der Waals surface area contributed by atoms with Crippen LogP contribution in [-0.2, 0) is 9.59 Å². The minimum absolute atomic E-state index is 0.118. The Bertz CT molecular complexity index is 779. The van der Waals surface area contributed by atoms with Gasteiger partial charge in [0.2, 0.25) is 5.91 Å². The van der Waals surface area contributed by atoms with E-state index in [1.807, 2.05) is 42.3 Å². The lowest BCUT2D eigenvalue weighted by atomic mass is 9.89. The Morgan fingerprint density at radius 3 is 2.38 bits per heavy atom. The van der Waals surface area contributed by atoms with Gasteiger partial charge >= 0.3 is 5.97 Å². The number of aliphatic carboxylic acids is 1. The second-order valence-electron chi connectivity index (χ2n) is 6.59. The molecule has 0 aliphatic carbocycles. The normalized spacial score (nSPS) is 19.4. The smallest absolute Gasteiger partial charge is 0.308 e. The fourth-order valence-electron chi connectivity index (χ4n) is 3.38. The average molecular weight is 356 g/mol. The molecular weight excluding hydrogens is 335 g/mol. The van der Waals surface area contributed by atoms with Gasteiger partial charge in [0.25, 0.3) is 0 Å². The van der Waals surface area contributed by atoms with Crippen molar-refractivity contribution in [1.82, 2.24) is 4.90 Å². The Morgan fingerprint density at radius 2 is 1.77 bits per heavy atom. The molecule has 1 N–H and O–H groups in total. The Kier molecular flexibility index (Phi) is 5.21. The van der Waals surface area contributed by atoms with Gasteiger partial charge in [-0.1, -0.05) is 30.3 Å². The number of carbonyl (C=O) groups is 2. The number of hydrogen-bond donors (Lipinski definition) is 1. The molecule has 1 aliphatic heterocycles. The summed E-state index contributed by atoms with van der Waals surface area (Å²) in [5.41, 5.74) is 1.66. The van der Waals surface area contributed by atoms with E-state index in [2.05, 4.69) is 0 Å². The summed E-state index contributed by atoms with van der Waals surface area (Å²) in [6, 6.07) is 15.4. The van der Waals surface area contributed by atoms with Crippen molar-refractivity contribution in [3.8, 4) is 0 Å². The summed E-state index contributed by atoms with van der Waals surface area (Å²) < 4.78 is 13.2. The van der Waals surface area contributed by atoms with Crippen LogP contribution in [0.1, 0.15) is 11.5 Å². The van der Waals surface area contributed by atoms with Crippen molar-refractivity contribution in [2.24, 2.45) is 5.92 Å². The van der Waals surface area contributed by atoms with Crippen molar-refractivity contribution in [3.63, 3.8) is 0 Å². The molecule has 2 atom stereocenters. The number of para-hydroxylation sites is 1. The van der Waals surface area contributed by atoms with Crippen molar-refractivity contribution in [1.29, 1.82) is 0 Å². The van der Waals surface area contributed by atoms with Crippen LogP contribution in [0.15, 0.2) is 54.6 Å². The van der Waals surface area contributed by atoms with Crippen molar-refractivity contribution in [2.45, 2.75) is 5.92 Å². The first-order chi connectivity index (χ1) is 12.5. The first kappa shape index (κ1) is 17.9. The number of rotatable bonds is 5. The Hall–Kier alpha value is -2.89. The van der Waals surface area contributed by atoms with Crippen LogP contribution in [0, 0.1) is 11.7 Å². The lowest BCUT2D eigenvalue weighted by Gasteiger charge is -2.23. The van der Waals surface area contributed by atoms with E-state index in [-0.39, 0.29) is 30.7 Å². The summed E-state index contributed by atoms with van der Waals surface area (Å²) >= 11 is 0. The van der Waals surface area contributed by atoms with Gasteiger partial charge < -0.3 is 14.9 Å². The van der Waals surface area contributed by atoms with Gasteiger partial charge in [0.15, 0.2) is 0 Å². The van der Waals surface area contributed by atoms with Gasteiger partial charge in [0.1, 0.15) is 5.82 Å². The number of benzene rings is 2. The molecule has 0 saturated carbocycles. The molecule has 0 radical (unpaired) electrons. The molecule has 0 aromatic heterocycles. The largest absolute Gasteiger partial charge is 0.481 e. The van der Waals surface area contributed by atoms with Gasteiger partial charge in [-0.3, -0.25) is 9.59 Å². The fourth-order valence-corrected chi connectivity index (χ4v) is 3.38. The molecule has 1 aliphatic rings. The zero-order valence-corrected chi connectivity index (χ0v) is 14.5. The average Bonchev–Trinajstić information content (AvgIpc) is 3.09. The second kappa shape index (κ2) is 7.56. The zero-order valence-electron chi connectivity index (χ0n) is 14.5. The molecule has 0 spiro atoms. The Labute approximate surface area is 151 Å². The van der Waals surface area contributed by atoms with E-state index in [4.69, 9.17) is 0 Å². The number of halogens is 1. The SMILES string of the molecule is CN(CC(=O)N1C[C@@H](C(=O)O)[C@H](c2ccc(F)cc2)C1)c1ccccc1. The predicted molar refractivity (Wildman–Crippen MR) is 96.6 cm³/mol. The lowest BCUT2D eigenvalue weighted by Crippen LogP contribution is -2.38. The van der Waals surface area contributed by atoms with Crippen molar-refractivity contribution in [2.75, 3.05) is 31.6 Å². The van der Waals surface area contributed by atoms with E-state index >= 15 is 0 Å². The molecule has 0 unspecified atom stereocenters. The highest BCUT2D eigenvalue weighted by Gasteiger charge is 2.40. The predicted octanol–water partition coefficient (Wildman–Crippen LogP) is 2.59. The minimum Gasteiger partial charge on any atom is -0.481 e. The summed E-state index contributed by atoms with van der Waals surface area (Å²) in [5.74, 6) is -2.44. The van der Waals surface area contributed by atoms with Gasteiger partial charge in [-0.15, -0.1) is 0 Å². The molecule has 3 rings (SSSR count). The summed E-state index contributed by atoms with van der Waals surface area (Å²) in [6.07, 6.45) is 0. The summed E-state index contributed by atoms with van der Waals surface area (Å²) in [7, 11) is 1.83. The number of likely N-dealkylation sites (tertiary alicyclic amines) is 1. The maximum Gasteiger partial charge on any atom is 0.308 e. The van der Waals surface area contributed by atoms with E-state index in [0.29, 0.717) is 6.54 Å². The topological polar surface area (TPSA) is 60.9 Å². The molecule has 2 aromatic rings. The summed E-state index contributed by atoms with van der Waals surface area (Å²) in [5, 5.41) is 9.54. The number of hydrogen-bond acceptors (Lipinski definition) is 3. The maximum atomic E-state index is 13.2. The monoisotopic (exact) mass is 356 g/mol. The number of likely N-dealkylation sites (N-methyl/N-ethyl adjacent to an activating group) is 1. The number of carboxylic acid groups (broad SMARTS) is 1. The fraction of sp³-hybridized carbons (Fsp3) is 0.300. The zero-order chi connectivity index (χ0) is 18.7. The molecule has 5 nitrogen and oxygen atoms in total. The Balaban J connectivity index is 1.71. The van der Waals surface area contributed by atoms with Crippen LogP contribution in [0.3, 0.4) is 0 Å². The molecular formula is C20H21FN2O3. The van der Waals surface area contributed by atoms with Crippen molar-refractivity contribution in [3.05, 3.63) is 66.0 Å². The first-order valence-corrected chi connectivity index (χ1v) is 8.48. The molecule has 1 fully saturated rings. The van der Waals surface area contributed by atoms with Crippen LogP contribution < -0.4 is 4.90 Å². The van der Waals surface area contributed by atoms with Crippen LogP contribution in [0.25, 0.3) is 0 Å². The van der Waals surface area contributed by atoms with Crippen LogP contribution >= 0.6 is 0 Å². The van der Waals surface area contributed by atoms with Crippen molar-refractivity contribution >= 4 is 17.6 Å². The molecule has 136 valence electrons. The number of carbonyl (C=O) groups excluding carboxylic acids is 1. The van der Waals surface area contributed by atoms with Gasteiger partial charge in [-0.2, -0.15) is 0 Å². The molecule has 0 bridgehead atoms. The minimum atomic E-state index is -0.939. The Morgan fingerprint density at radius 1 is 1.12 bits per heavy atom. The van der Waals surface area contributed by atoms with Crippen LogP contribution in [0.5, 0.6) is 0 Å². The van der Waals surface area contributed by atoms with Gasteiger partial charge in [-0.25, -0.2) is 4.39 Å². The third-order valence-corrected chi connectivity index (χ3v) is 4.86. The highest BCUT2D eigenvalue weighted by Crippen LogP contribution is 2.33. The van der Waals surface area contributed by atoms with Gasteiger partial charge in [0, 0.05) is 31.7 Å². The van der Waals surface area contributed by atoms with E-state index < -0.39 is 11.9 Å². The molecule has 1 heterocycles. The van der Waals surface area contributed by atoms with E-state index in [1.54, 1.807) is 17.0 Å². The highest BCUT2D eigenvalue weighted by atomic mass is 19.1. The maximum absolute atomic E-state index is 13.2. The van der Waals surface area contributed by atoms with Gasteiger partial charge in [0.05, 0.1) is 12.5 Å². The second-order valence-corrected chi connectivity index (χ2v) is 6.59. The first-order valence-electron chi connectivity index (χ1n) is 8.48.